The number of aliphatic hydroxyl groups excluding tert-OH is 1. The van der Waals surface area contributed by atoms with Gasteiger partial charge in [-0.3, -0.25) is 4.79 Å². The minimum absolute atomic E-state index is 0.100. The number of likely N-dealkylation sites (tertiary alicyclic amines) is 1. The summed E-state index contributed by atoms with van der Waals surface area (Å²) >= 11 is 6.21. The third-order valence-electron chi connectivity index (χ3n) is 6.00. The van der Waals surface area contributed by atoms with Crippen LogP contribution in [0.2, 0.25) is 5.02 Å². The second-order valence-corrected chi connectivity index (χ2v) is 9.41. The highest BCUT2D eigenvalue weighted by molar-refractivity contribution is 6.32. The van der Waals surface area contributed by atoms with Crippen LogP contribution in [0, 0.1) is 19.8 Å². The van der Waals surface area contributed by atoms with Crippen molar-refractivity contribution in [2.24, 2.45) is 5.92 Å². The molecule has 2 heterocycles. The number of β-amino-alcohol motifs (C(OH)–C–C–N with tert-alkyl or cyclic N) is 1. The standard InChI is InChI=1S/C26H30ClNO5/c1-16-5-4-8-28(12-16)13-19(29)14-31-20-6-7-22-23(11-20)32-15-24(26(22)30)33-21-9-17(2)25(27)18(3)10-21/h6-7,9-11,15-16,19,29H,4-5,8,12-14H2,1-3H3. The second kappa shape index (κ2) is 10.2. The molecule has 1 fully saturated rings. The molecule has 2 atom stereocenters. The Balaban J connectivity index is 1.43. The molecule has 0 amide bonds. The SMILES string of the molecule is Cc1cc(Oc2coc3cc(OCC(O)CN4CCCC(C)C4)ccc3c2=O)cc(C)c1Cl. The van der Waals surface area contributed by atoms with Gasteiger partial charge >= 0.3 is 0 Å². The lowest BCUT2D eigenvalue weighted by molar-refractivity contribution is 0.0537. The van der Waals surface area contributed by atoms with Gasteiger partial charge in [0.05, 0.1) is 5.39 Å². The first-order valence-corrected chi connectivity index (χ1v) is 11.7. The summed E-state index contributed by atoms with van der Waals surface area (Å²) in [7, 11) is 0. The number of halogens is 1. The lowest BCUT2D eigenvalue weighted by Gasteiger charge is -2.32. The molecular weight excluding hydrogens is 442 g/mol. The molecular formula is C26H30ClNO5. The highest BCUT2D eigenvalue weighted by Gasteiger charge is 2.19. The molecule has 1 N–H and O–H groups in total. The fraction of sp³-hybridized carbons (Fsp3) is 0.423. The van der Waals surface area contributed by atoms with E-state index in [1.165, 1.54) is 19.1 Å². The molecule has 2 unspecified atom stereocenters. The Morgan fingerprint density at radius 2 is 1.97 bits per heavy atom. The average molecular weight is 472 g/mol. The minimum Gasteiger partial charge on any atom is -0.491 e. The molecule has 176 valence electrons. The van der Waals surface area contributed by atoms with Gasteiger partial charge in [0.25, 0.3) is 0 Å². The molecule has 0 aliphatic carbocycles. The molecule has 1 saturated heterocycles. The van der Waals surface area contributed by atoms with E-state index in [1.54, 1.807) is 30.3 Å². The van der Waals surface area contributed by atoms with Crippen LogP contribution >= 0.6 is 11.6 Å². The van der Waals surface area contributed by atoms with Crippen molar-refractivity contribution in [2.45, 2.75) is 39.7 Å². The van der Waals surface area contributed by atoms with Crippen molar-refractivity contribution in [1.29, 1.82) is 0 Å². The summed E-state index contributed by atoms with van der Waals surface area (Å²) in [5.74, 6) is 1.83. The maximum atomic E-state index is 12.9. The molecule has 1 aliphatic rings. The summed E-state index contributed by atoms with van der Waals surface area (Å²) in [6.07, 6.45) is 3.14. The van der Waals surface area contributed by atoms with Crippen LogP contribution in [0.3, 0.4) is 0 Å². The lowest BCUT2D eigenvalue weighted by Crippen LogP contribution is -2.41. The average Bonchev–Trinajstić information content (AvgIpc) is 2.78. The predicted octanol–water partition coefficient (Wildman–Crippen LogP) is 5.33. The van der Waals surface area contributed by atoms with Crippen molar-refractivity contribution in [3.05, 3.63) is 63.0 Å². The van der Waals surface area contributed by atoms with Crippen LogP contribution in [0.1, 0.15) is 30.9 Å². The Morgan fingerprint density at radius 3 is 2.70 bits per heavy atom. The molecule has 3 aromatic rings. The molecule has 0 saturated carbocycles. The number of hydrogen-bond donors (Lipinski definition) is 1. The van der Waals surface area contributed by atoms with E-state index in [0.717, 1.165) is 24.2 Å². The Kier molecular flexibility index (Phi) is 7.27. The summed E-state index contributed by atoms with van der Waals surface area (Å²) in [6, 6.07) is 8.58. The van der Waals surface area contributed by atoms with Gasteiger partial charge in [0, 0.05) is 24.2 Å². The molecule has 1 aromatic heterocycles. The van der Waals surface area contributed by atoms with Crippen molar-refractivity contribution in [3.8, 4) is 17.2 Å². The maximum absolute atomic E-state index is 12.9. The number of piperidine rings is 1. The highest BCUT2D eigenvalue weighted by Crippen LogP contribution is 2.29. The quantitative estimate of drug-likeness (QED) is 0.502. The smallest absolute Gasteiger partial charge is 0.235 e. The van der Waals surface area contributed by atoms with Crippen LogP contribution < -0.4 is 14.9 Å². The number of rotatable bonds is 7. The van der Waals surface area contributed by atoms with Crippen LogP contribution in [0.5, 0.6) is 17.2 Å². The molecule has 4 rings (SSSR count). The van der Waals surface area contributed by atoms with Gasteiger partial charge in [-0.15, -0.1) is 0 Å². The fourth-order valence-electron chi connectivity index (χ4n) is 4.34. The first-order valence-electron chi connectivity index (χ1n) is 11.3. The van der Waals surface area contributed by atoms with Crippen molar-refractivity contribution in [2.75, 3.05) is 26.2 Å². The molecule has 0 bridgehead atoms. The molecule has 0 radical (unpaired) electrons. The summed E-state index contributed by atoms with van der Waals surface area (Å²) < 4.78 is 17.2. The van der Waals surface area contributed by atoms with Gasteiger partial charge in [0.1, 0.15) is 36.1 Å². The second-order valence-electron chi connectivity index (χ2n) is 9.03. The number of hydrogen-bond acceptors (Lipinski definition) is 6. The molecule has 1 aliphatic heterocycles. The predicted molar refractivity (Wildman–Crippen MR) is 130 cm³/mol. The first-order chi connectivity index (χ1) is 15.8. The summed E-state index contributed by atoms with van der Waals surface area (Å²) in [4.78, 5) is 15.2. The van der Waals surface area contributed by atoms with E-state index in [1.807, 2.05) is 13.8 Å². The summed E-state index contributed by atoms with van der Waals surface area (Å²) in [5, 5.41) is 11.4. The zero-order valence-electron chi connectivity index (χ0n) is 19.3. The molecule has 33 heavy (non-hydrogen) atoms. The van der Waals surface area contributed by atoms with Gasteiger partial charge in [-0.05, 0) is 74.5 Å². The van der Waals surface area contributed by atoms with E-state index in [2.05, 4.69) is 11.8 Å². The Hall–Kier alpha value is -2.54. The Bertz CT molecular complexity index is 1170. The fourth-order valence-corrected chi connectivity index (χ4v) is 4.45. The molecule has 0 spiro atoms. The van der Waals surface area contributed by atoms with E-state index in [-0.39, 0.29) is 17.8 Å². The molecule has 6 nitrogen and oxygen atoms in total. The van der Waals surface area contributed by atoms with Crippen LogP contribution in [-0.4, -0.2) is 42.4 Å². The lowest BCUT2D eigenvalue weighted by atomic mass is 10.0. The number of fused-ring (bicyclic) bond motifs is 1. The van der Waals surface area contributed by atoms with E-state index in [0.29, 0.717) is 40.0 Å². The monoisotopic (exact) mass is 471 g/mol. The van der Waals surface area contributed by atoms with E-state index in [4.69, 9.17) is 25.5 Å². The van der Waals surface area contributed by atoms with Crippen LogP contribution in [0.4, 0.5) is 0 Å². The number of benzene rings is 2. The van der Waals surface area contributed by atoms with Crippen LogP contribution in [0.15, 0.2) is 45.8 Å². The van der Waals surface area contributed by atoms with Crippen molar-refractivity contribution in [3.63, 3.8) is 0 Å². The largest absolute Gasteiger partial charge is 0.491 e. The third kappa shape index (κ3) is 5.69. The van der Waals surface area contributed by atoms with Gasteiger partial charge < -0.3 is 23.9 Å². The Morgan fingerprint density at radius 1 is 1.21 bits per heavy atom. The zero-order valence-corrected chi connectivity index (χ0v) is 20.0. The van der Waals surface area contributed by atoms with Crippen molar-refractivity contribution in [1.82, 2.24) is 4.90 Å². The van der Waals surface area contributed by atoms with E-state index >= 15 is 0 Å². The van der Waals surface area contributed by atoms with Crippen molar-refractivity contribution < 1.29 is 19.0 Å². The van der Waals surface area contributed by atoms with E-state index in [9.17, 15) is 9.90 Å². The topological polar surface area (TPSA) is 72.1 Å². The summed E-state index contributed by atoms with van der Waals surface area (Å²) in [5.41, 5.74) is 1.87. The van der Waals surface area contributed by atoms with Gasteiger partial charge in [0.2, 0.25) is 11.2 Å². The maximum Gasteiger partial charge on any atom is 0.235 e. The number of aliphatic hydroxyl groups is 1. The first kappa shape index (κ1) is 23.6. The van der Waals surface area contributed by atoms with Crippen LogP contribution in [-0.2, 0) is 0 Å². The number of nitrogens with zero attached hydrogens (tertiary/aromatic N) is 1. The third-order valence-corrected chi connectivity index (χ3v) is 6.60. The zero-order chi connectivity index (χ0) is 23.5. The number of aryl methyl sites for hydroxylation is 2. The Labute approximate surface area is 198 Å². The molecule has 7 heteroatoms. The van der Waals surface area contributed by atoms with E-state index < -0.39 is 6.10 Å². The number of ether oxygens (including phenoxy) is 2. The van der Waals surface area contributed by atoms with Gasteiger partial charge in [-0.25, -0.2) is 0 Å². The van der Waals surface area contributed by atoms with Gasteiger partial charge in [-0.2, -0.15) is 0 Å². The minimum atomic E-state index is -0.583. The molecule has 2 aromatic carbocycles. The van der Waals surface area contributed by atoms with Crippen LogP contribution in [0.25, 0.3) is 11.0 Å². The van der Waals surface area contributed by atoms with Crippen molar-refractivity contribution >= 4 is 22.6 Å². The highest BCUT2D eigenvalue weighted by atomic mass is 35.5. The normalized spacial score (nSPS) is 17.8. The summed E-state index contributed by atoms with van der Waals surface area (Å²) in [6.45, 7) is 8.81. The van der Waals surface area contributed by atoms with Gasteiger partial charge in [0.15, 0.2) is 0 Å². The van der Waals surface area contributed by atoms with Gasteiger partial charge in [-0.1, -0.05) is 18.5 Å².